The number of hydrogen-bond acceptors (Lipinski definition) is 6. The second-order valence-corrected chi connectivity index (χ2v) is 23.8. The summed E-state index contributed by atoms with van der Waals surface area (Å²) in [5, 5.41) is 0. The van der Waals surface area contributed by atoms with Crippen LogP contribution in [0.15, 0.2) is 72.9 Å². The van der Waals surface area contributed by atoms with Crippen LogP contribution in [-0.2, 0) is 28.6 Å². The van der Waals surface area contributed by atoms with Crippen LogP contribution in [0.5, 0.6) is 0 Å². The molecule has 0 radical (unpaired) electrons. The lowest BCUT2D eigenvalue weighted by atomic mass is 10.0. The largest absolute Gasteiger partial charge is 0.462 e. The first-order valence-electron chi connectivity index (χ1n) is 35.4. The number of esters is 3. The third kappa shape index (κ3) is 67.5. The zero-order valence-electron chi connectivity index (χ0n) is 54.1. The first-order chi connectivity index (χ1) is 40.0. The van der Waals surface area contributed by atoms with Gasteiger partial charge in [-0.05, 0) is 109 Å². The van der Waals surface area contributed by atoms with E-state index < -0.39 is 6.10 Å². The number of allylic oxidation sites excluding steroid dienone is 12. The molecular formula is C75H134O6. The average molecular weight is 1130 g/mol. The van der Waals surface area contributed by atoms with Gasteiger partial charge in [0.05, 0.1) is 0 Å². The van der Waals surface area contributed by atoms with Crippen LogP contribution in [0.4, 0.5) is 0 Å². The summed E-state index contributed by atoms with van der Waals surface area (Å²) < 4.78 is 16.9. The van der Waals surface area contributed by atoms with Gasteiger partial charge in [0.15, 0.2) is 6.10 Å². The molecule has 0 aliphatic heterocycles. The third-order valence-corrected chi connectivity index (χ3v) is 15.7. The van der Waals surface area contributed by atoms with Crippen LogP contribution in [0.2, 0.25) is 0 Å². The molecule has 0 rings (SSSR count). The molecule has 0 aliphatic carbocycles. The lowest BCUT2D eigenvalue weighted by Crippen LogP contribution is -2.30. The molecule has 0 amide bonds. The third-order valence-electron chi connectivity index (χ3n) is 15.7. The second-order valence-electron chi connectivity index (χ2n) is 23.8. The topological polar surface area (TPSA) is 78.9 Å². The van der Waals surface area contributed by atoms with Crippen molar-refractivity contribution >= 4 is 17.9 Å². The second kappa shape index (κ2) is 69.3. The molecule has 0 N–H and O–H groups in total. The van der Waals surface area contributed by atoms with Gasteiger partial charge in [-0.2, -0.15) is 0 Å². The summed E-state index contributed by atoms with van der Waals surface area (Å²) in [6.45, 7) is 6.53. The molecule has 0 heterocycles. The van der Waals surface area contributed by atoms with Gasteiger partial charge in [-0.15, -0.1) is 0 Å². The van der Waals surface area contributed by atoms with Crippen LogP contribution in [0, 0.1) is 0 Å². The van der Waals surface area contributed by atoms with Crippen LogP contribution in [0.1, 0.15) is 367 Å². The van der Waals surface area contributed by atoms with E-state index in [4.69, 9.17) is 14.2 Å². The molecule has 0 fully saturated rings. The smallest absolute Gasteiger partial charge is 0.306 e. The Morgan fingerprint density at radius 1 is 0.259 bits per heavy atom. The Kier molecular flexibility index (Phi) is 66.6. The number of ether oxygens (including phenoxy) is 3. The van der Waals surface area contributed by atoms with Crippen LogP contribution < -0.4 is 0 Å². The summed E-state index contributed by atoms with van der Waals surface area (Å²) in [6.07, 6.45) is 90.9. The molecule has 0 aliphatic rings. The van der Waals surface area contributed by atoms with Crippen molar-refractivity contribution in [1.29, 1.82) is 0 Å². The van der Waals surface area contributed by atoms with E-state index in [-0.39, 0.29) is 31.1 Å². The molecular weight excluding hydrogens is 997 g/mol. The molecule has 0 saturated carbocycles. The predicted molar refractivity (Wildman–Crippen MR) is 353 cm³/mol. The molecule has 6 heteroatoms. The minimum Gasteiger partial charge on any atom is -0.462 e. The zero-order valence-corrected chi connectivity index (χ0v) is 54.1. The number of hydrogen-bond donors (Lipinski definition) is 0. The van der Waals surface area contributed by atoms with E-state index in [1.54, 1.807) is 0 Å². The van der Waals surface area contributed by atoms with Gasteiger partial charge in [-0.3, -0.25) is 14.4 Å². The van der Waals surface area contributed by atoms with E-state index in [1.807, 2.05) is 0 Å². The molecule has 1 unspecified atom stereocenters. The van der Waals surface area contributed by atoms with Gasteiger partial charge in [0.25, 0.3) is 0 Å². The van der Waals surface area contributed by atoms with Crippen molar-refractivity contribution in [3.63, 3.8) is 0 Å². The summed E-state index contributed by atoms with van der Waals surface area (Å²) in [7, 11) is 0. The fourth-order valence-corrected chi connectivity index (χ4v) is 10.4. The first-order valence-corrected chi connectivity index (χ1v) is 35.4. The summed E-state index contributed by atoms with van der Waals surface area (Å²) >= 11 is 0. The molecule has 0 aromatic rings. The van der Waals surface area contributed by atoms with E-state index in [9.17, 15) is 14.4 Å². The predicted octanol–water partition coefficient (Wildman–Crippen LogP) is 24.4. The van der Waals surface area contributed by atoms with E-state index >= 15 is 0 Å². The molecule has 0 saturated heterocycles. The Hall–Kier alpha value is -3.15. The van der Waals surface area contributed by atoms with Crippen molar-refractivity contribution in [3.8, 4) is 0 Å². The summed E-state index contributed by atoms with van der Waals surface area (Å²) in [6, 6.07) is 0. The van der Waals surface area contributed by atoms with E-state index in [0.29, 0.717) is 19.3 Å². The van der Waals surface area contributed by atoms with Crippen LogP contribution >= 0.6 is 0 Å². The lowest BCUT2D eigenvalue weighted by molar-refractivity contribution is -0.167. The average Bonchev–Trinajstić information content (AvgIpc) is 3.46. The number of carbonyl (C=O) groups excluding carboxylic acids is 3. The molecule has 81 heavy (non-hydrogen) atoms. The van der Waals surface area contributed by atoms with Crippen molar-refractivity contribution in [2.75, 3.05) is 13.2 Å². The fraction of sp³-hybridized carbons (Fsp3) is 0.800. The van der Waals surface area contributed by atoms with Gasteiger partial charge in [-0.25, -0.2) is 0 Å². The lowest BCUT2D eigenvalue weighted by Gasteiger charge is -2.18. The van der Waals surface area contributed by atoms with Crippen molar-refractivity contribution in [2.45, 2.75) is 374 Å². The van der Waals surface area contributed by atoms with E-state index in [1.165, 1.54) is 225 Å². The van der Waals surface area contributed by atoms with Crippen LogP contribution in [0.3, 0.4) is 0 Å². The Labute approximate surface area is 503 Å². The normalized spacial score (nSPS) is 12.5. The van der Waals surface area contributed by atoms with Crippen LogP contribution in [-0.4, -0.2) is 37.2 Å². The highest BCUT2D eigenvalue weighted by molar-refractivity contribution is 5.71. The highest BCUT2D eigenvalue weighted by atomic mass is 16.6. The highest BCUT2D eigenvalue weighted by Gasteiger charge is 2.19. The minimum atomic E-state index is -0.792. The minimum absolute atomic E-state index is 0.0851. The summed E-state index contributed by atoms with van der Waals surface area (Å²) in [4.78, 5) is 38.3. The molecule has 0 aromatic carbocycles. The van der Waals surface area contributed by atoms with Gasteiger partial charge in [-0.1, -0.05) is 312 Å². The van der Waals surface area contributed by atoms with Gasteiger partial charge in [0.1, 0.15) is 13.2 Å². The highest BCUT2D eigenvalue weighted by Crippen LogP contribution is 2.18. The molecule has 6 nitrogen and oxygen atoms in total. The number of carbonyl (C=O) groups is 3. The van der Waals surface area contributed by atoms with Crippen molar-refractivity contribution in [1.82, 2.24) is 0 Å². The van der Waals surface area contributed by atoms with E-state index in [2.05, 4.69) is 93.7 Å². The van der Waals surface area contributed by atoms with Crippen LogP contribution in [0.25, 0.3) is 0 Å². The summed E-state index contributed by atoms with van der Waals surface area (Å²) in [5.41, 5.74) is 0. The maximum absolute atomic E-state index is 12.9. The van der Waals surface area contributed by atoms with E-state index in [0.717, 1.165) is 103 Å². The Morgan fingerprint density at radius 2 is 0.481 bits per heavy atom. The Balaban J connectivity index is 4.15. The van der Waals surface area contributed by atoms with Gasteiger partial charge in [0.2, 0.25) is 0 Å². The fourth-order valence-electron chi connectivity index (χ4n) is 10.4. The SMILES string of the molecule is CC/C=C\C/C=C\C/C=C\C/C=C\CCCCCCC(=O)OC(COC(=O)CCCCCCC/C=C\CCCCCC)COC(=O)CCCCCCCCCCCCCCCCCCCCCCC/C=C\CCCCCCCCCC. The maximum Gasteiger partial charge on any atom is 0.306 e. The monoisotopic (exact) mass is 1130 g/mol. The Morgan fingerprint density at radius 3 is 0.778 bits per heavy atom. The Bertz CT molecular complexity index is 1490. The van der Waals surface area contributed by atoms with Gasteiger partial charge < -0.3 is 14.2 Å². The molecule has 470 valence electrons. The standard InChI is InChI=1S/C75H134O6/c1-4-7-10-13-16-19-22-25-27-29-30-31-32-33-34-35-36-37-38-39-40-41-42-43-44-46-47-50-53-56-59-62-65-68-74(77)80-71-72(70-79-73(76)67-64-61-58-55-52-49-24-21-18-15-12-9-6-3)81-75(78)69-66-63-60-57-54-51-48-45-28-26-23-20-17-14-11-8-5-2/h8,11,17,20-21,24,26,28-30,48,51,72H,4-7,9-10,12-16,18-19,22-23,25,27,31-47,49-50,52-71H2,1-3H3/b11-8-,20-17-,24-21-,28-26-,30-29-,51-48-. The van der Waals surface area contributed by atoms with Crippen molar-refractivity contribution < 1.29 is 28.6 Å². The number of rotatable bonds is 65. The van der Waals surface area contributed by atoms with Gasteiger partial charge >= 0.3 is 17.9 Å². The number of unbranched alkanes of at least 4 members (excludes halogenated alkanes) is 42. The molecule has 0 spiro atoms. The molecule has 0 bridgehead atoms. The molecule has 1 atom stereocenters. The van der Waals surface area contributed by atoms with Gasteiger partial charge in [0, 0.05) is 19.3 Å². The first kappa shape index (κ1) is 77.9. The van der Waals surface area contributed by atoms with Crippen molar-refractivity contribution in [2.24, 2.45) is 0 Å². The zero-order chi connectivity index (χ0) is 58.5. The quantitative estimate of drug-likeness (QED) is 0.0261. The molecule has 0 aromatic heterocycles. The van der Waals surface area contributed by atoms with Crippen molar-refractivity contribution in [3.05, 3.63) is 72.9 Å². The maximum atomic E-state index is 12.9. The summed E-state index contributed by atoms with van der Waals surface area (Å²) in [5.74, 6) is -0.901.